The summed E-state index contributed by atoms with van der Waals surface area (Å²) in [6.07, 6.45) is 0. The molecule has 0 saturated heterocycles. The molecule has 4 nitrogen and oxygen atoms in total. The van der Waals surface area contributed by atoms with Gasteiger partial charge in [-0.25, -0.2) is 4.68 Å². The Bertz CT molecular complexity index is 622. The number of nitrogens with zero attached hydrogens (tertiary/aromatic N) is 4. The number of nitriles is 1. The molecule has 2 rings (SSSR count). The van der Waals surface area contributed by atoms with Gasteiger partial charge < -0.3 is 0 Å². The first kappa shape index (κ1) is 12.6. The van der Waals surface area contributed by atoms with Crippen molar-refractivity contribution >= 4 is 11.6 Å². The lowest BCUT2D eigenvalue weighted by Gasteiger charge is -2.11. The summed E-state index contributed by atoms with van der Waals surface area (Å²) in [5, 5.41) is 17.7. The molecule has 1 aromatic carbocycles. The van der Waals surface area contributed by atoms with E-state index >= 15 is 0 Å². The highest BCUT2D eigenvalue weighted by Crippen LogP contribution is 2.24. The van der Waals surface area contributed by atoms with E-state index in [9.17, 15) is 0 Å². The van der Waals surface area contributed by atoms with Crippen LogP contribution in [0, 0.1) is 18.3 Å². The average molecular weight is 261 g/mol. The van der Waals surface area contributed by atoms with Gasteiger partial charge in [0.1, 0.15) is 6.07 Å². The van der Waals surface area contributed by atoms with Gasteiger partial charge in [-0.05, 0) is 30.5 Å². The second kappa shape index (κ2) is 4.79. The van der Waals surface area contributed by atoms with Crippen LogP contribution in [0.1, 0.15) is 36.7 Å². The lowest BCUT2D eigenvalue weighted by molar-refractivity contribution is 0.712. The summed E-state index contributed by atoms with van der Waals surface area (Å²) in [6.45, 7) is 6.00. The van der Waals surface area contributed by atoms with Gasteiger partial charge >= 0.3 is 0 Å². The molecule has 0 N–H and O–H groups in total. The van der Waals surface area contributed by atoms with Crippen LogP contribution in [0.3, 0.4) is 0 Å². The summed E-state index contributed by atoms with van der Waals surface area (Å²) in [7, 11) is 0. The smallest absolute Gasteiger partial charge is 0.186 e. The number of aromatic nitrogens is 3. The molecule has 0 aliphatic rings. The summed E-state index contributed by atoms with van der Waals surface area (Å²) in [4.78, 5) is 0. The second-order valence-corrected chi connectivity index (χ2v) is 4.87. The Balaban J connectivity index is 2.68. The molecule has 0 unspecified atom stereocenters. The van der Waals surface area contributed by atoms with E-state index in [1.165, 1.54) is 0 Å². The van der Waals surface area contributed by atoms with Gasteiger partial charge in [0.05, 0.1) is 11.4 Å². The van der Waals surface area contributed by atoms with E-state index < -0.39 is 0 Å². The summed E-state index contributed by atoms with van der Waals surface area (Å²) in [5.41, 5.74) is 3.07. The van der Waals surface area contributed by atoms with Crippen molar-refractivity contribution in [3.63, 3.8) is 0 Å². The molecule has 0 aliphatic carbocycles. The molecule has 0 amide bonds. The van der Waals surface area contributed by atoms with Gasteiger partial charge in [0.15, 0.2) is 5.69 Å². The van der Waals surface area contributed by atoms with Crippen molar-refractivity contribution in [2.75, 3.05) is 0 Å². The first-order valence-electron chi connectivity index (χ1n) is 5.66. The fourth-order valence-electron chi connectivity index (χ4n) is 1.88. The van der Waals surface area contributed by atoms with E-state index in [0.29, 0.717) is 10.7 Å². The number of aryl methyl sites for hydroxylation is 1. The number of hydrogen-bond donors (Lipinski definition) is 0. The van der Waals surface area contributed by atoms with Crippen LogP contribution in [0.4, 0.5) is 0 Å². The van der Waals surface area contributed by atoms with Gasteiger partial charge in [0.25, 0.3) is 0 Å². The van der Waals surface area contributed by atoms with E-state index in [0.717, 1.165) is 16.9 Å². The highest BCUT2D eigenvalue weighted by Gasteiger charge is 2.18. The zero-order chi connectivity index (χ0) is 13.3. The molecule has 0 bridgehead atoms. The Morgan fingerprint density at radius 1 is 1.39 bits per heavy atom. The van der Waals surface area contributed by atoms with Crippen LogP contribution in [-0.4, -0.2) is 15.0 Å². The van der Waals surface area contributed by atoms with Crippen LogP contribution in [0.2, 0.25) is 5.02 Å². The van der Waals surface area contributed by atoms with E-state index in [4.69, 9.17) is 16.9 Å². The van der Waals surface area contributed by atoms with Gasteiger partial charge in [-0.1, -0.05) is 36.7 Å². The van der Waals surface area contributed by atoms with Gasteiger partial charge in [-0.2, -0.15) is 5.26 Å². The first-order chi connectivity index (χ1) is 8.54. The van der Waals surface area contributed by atoms with Crippen LogP contribution in [0.5, 0.6) is 0 Å². The minimum Gasteiger partial charge on any atom is -0.216 e. The zero-order valence-electron chi connectivity index (χ0n) is 10.5. The number of rotatable bonds is 2. The Morgan fingerprint density at radius 2 is 2.11 bits per heavy atom. The van der Waals surface area contributed by atoms with E-state index in [-0.39, 0.29) is 5.92 Å². The maximum absolute atomic E-state index is 9.06. The van der Waals surface area contributed by atoms with E-state index in [1.807, 2.05) is 39.0 Å². The zero-order valence-corrected chi connectivity index (χ0v) is 11.2. The second-order valence-electron chi connectivity index (χ2n) is 4.43. The number of halogens is 1. The van der Waals surface area contributed by atoms with Crippen molar-refractivity contribution in [2.45, 2.75) is 26.7 Å². The minimum atomic E-state index is 0.160. The Morgan fingerprint density at radius 3 is 2.72 bits per heavy atom. The van der Waals surface area contributed by atoms with Crippen LogP contribution >= 0.6 is 11.6 Å². The molecule has 92 valence electrons. The molecule has 0 fully saturated rings. The molecule has 1 heterocycles. The monoisotopic (exact) mass is 260 g/mol. The standard InChI is InChI=1S/C13H13ClN4/c1-8(2)13-11(7-15)16-17-18(13)12-6-10(14)5-4-9(12)3/h4-6,8H,1-3H3. The fraction of sp³-hybridized carbons (Fsp3) is 0.308. The summed E-state index contributed by atoms with van der Waals surface area (Å²) < 4.78 is 1.70. The highest BCUT2D eigenvalue weighted by atomic mass is 35.5. The molecule has 18 heavy (non-hydrogen) atoms. The molecule has 0 spiro atoms. The average Bonchev–Trinajstić information content (AvgIpc) is 2.75. The Kier molecular flexibility index (Phi) is 3.35. The van der Waals surface area contributed by atoms with E-state index in [1.54, 1.807) is 4.68 Å². The Hall–Kier alpha value is -1.86. The molecule has 0 saturated carbocycles. The van der Waals surface area contributed by atoms with Crippen LogP contribution < -0.4 is 0 Å². The van der Waals surface area contributed by atoms with Crippen molar-refractivity contribution in [3.8, 4) is 11.8 Å². The molecule has 0 atom stereocenters. The summed E-state index contributed by atoms with van der Waals surface area (Å²) >= 11 is 6.01. The van der Waals surface area contributed by atoms with Crippen molar-refractivity contribution in [1.82, 2.24) is 15.0 Å². The lowest BCUT2D eigenvalue weighted by atomic mass is 10.1. The molecule has 5 heteroatoms. The van der Waals surface area contributed by atoms with Crippen LogP contribution in [0.15, 0.2) is 18.2 Å². The molecule has 0 aliphatic heterocycles. The predicted octanol–water partition coefficient (Wildman–Crippen LogP) is 3.22. The maximum atomic E-state index is 9.06. The topological polar surface area (TPSA) is 54.5 Å². The normalized spacial score (nSPS) is 10.7. The third-order valence-corrected chi connectivity index (χ3v) is 2.99. The predicted molar refractivity (Wildman–Crippen MR) is 69.9 cm³/mol. The van der Waals surface area contributed by atoms with Gasteiger partial charge in [-0.15, -0.1) is 5.10 Å². The number of benzene rings is 1. The van der Waals surface area contributed by atoms with Crippen molar-refractivity contribution in [2.24, 2.45) is 0 Å². The lowest BCUT2D eigenvalue weighted by Crippen LogP contribution is -2.06. The van der Waals surface area contributed by atoms with Gasteiger partial charge in [-0.3, -0.25) is 0 Å². The molecular weight excluding hydrogens is 248 g/mol. The van der Waals surface area contributed by atoms with Crippen LogP contribution in [0.25, 0.3) is 5.69 Å². The molecule has 0 radical (unpaired) electrons. The SMILES string of the molecule is Cc1ccc(Cl)cc1-n1nnc(C#N)c1C(C)C. The molecule has 2 aromatic rings. The number of hydrogen-bond acceptors (Lipinski definition) is 3. The molecular formula is C13H13ClN4. The third-order valence-electron chi connectivity index (χ3n) is 2.76. The van der Waals surface area contributed by atoms with E-state index in [2.05, 4.69) is 16.4 Å². The third kappa shape index (κ3) is 2.09. The molecule has 1 aromatic heterocycles. The first-order valence-corrected chi connectivity index (χ1v) is 6.04. The van der Waals surface area contributed by atoms with Gasteiger partial charge in [0, 0.05) is 5.02 Å². The van der Waals surface area contributed by atoms with Crippen molar-refractivity contribution in [3.05, 3.63) is 40.2 Å². The highest BCUT2D eigenvalue weighted by molar-refractivity contribution is 6.30. The van der Waals surface area contributed by atoms with Crippen molar-refractivity contribution in [1.29, 1.82) is 5.26 Å². The van der Waals surface area contributed by atoms with Crippen molar-refractivity contribution < 1.29 is 0 Å². The quantitative estimate of drug-likeness (QED) is 0.833. The largest absolute Gasteiger partial charge is 0.216 e. The minimum absolute atomic E-state index is 0.160. The summed E-state index contributed by atoms with van der Waals surface area (Å²) in [5.74, 6) is 0.160. The Labute approximate surface area is 111 Å². The maximum Gasteiger partial charge on any atom is 0.186 e. The summed E-state index contributed by atoms with van der Waals surface area (Å²) in [6, 6.07) is 7.66. The van der Waals surface area contributed by atoms with Gasteiger partial charge in [0.2, 0.25) is 0 Å². The van der Waals surface area contributed by atoms with Crippen LogP contribution in [-0.2, 0) is 0 Å². The fourth-order valence-corrected chi connectivity index (χ4v) is 2.04.